The van der Waals surface area contributed by atoms with Gasteiger partial charge in [0.15, 0.2) is 0 Å². The van der Waals surface area contributed by atoms with Gasteiger partial charge in [0.05, 0.1) is 4.34 Å². The van der Waals surface area contributed by atoms with E-state index in [1.807, 2.05) is 0 Å². The Labute approximate surface area is 125 Å². The summed E-state index contributed by atoms with van der Waals surface area (Å²) >= 11 is 7.84. The van der Waals surface area contributed by atoms with E-state index >= 15 is 0 Å². The second-order valence-electron chi connectivity index (χ2n) is 6.25. The fraction of sp³-hybridized carbons (Fsp3) is 0.750. The first-order valence-corrected chi connectivity index (χ1v) is 8.98. The number of halogens is 1. The molecule has 2 atom stereocenters. The fourth-order valence-electron chi connectivity index (χ4n) is 3.32. The Morgan fingerprint density at radius 1 is 1.05 bits per heavy atom. The van der Waals surface area contributed by atoms with E-state index in [1.165, 1.54) is 62.8 Å². The van der Waals surface area contributed by atoms with Gasteiger partial charge in [-0.15, -0.1) is 11.3 Å². The molecule has 1 nitrogen and oxygen atoms in total. The standard InChI is InChI=1S/C16H24ClNS/c17-16-9-8-15(19-16)10-12-4-2-1-3-5-13(12)11-18-14-6-7-14/h8-9,12-14,18H,1-7,10-11H2. The first kappa shape index (κ1) is 13.9. The third-order valence-corrected chi connectivity index (χ3v) is 5.91. The maximum atomic E-state index is 6.06. The van der Waals surface area contributed by atoms with Crippen molar-refractivity contribution in [1.82, 2.24) is 5.32 Å². The lowest BCUT2D eigenvalue weighted by molar-refractivity contribution is 0.298. The zero-order valence-electron chi connectivity index (χ0n) is 11.5. The molecule has 3 heteroatoms. The third kappa shape index (κ3) is 4.21. The van der Waals surface area contributed by atoms with Crippen LogP contribution in [0.15, 0.2) is 12.1 Å². The smallest absolute Gasteiger partial charge is 0.0931 e. The second-order valence-corrected chi connectivity index (χ2v) is 8.05. The number of rotatable bonds is 5. The van der Waals surface area contributed by atoms with E-state index in [9.17, 15) is 0 Å². The molecule has 1 N–H and O–H groups in total. The Hall–Kier alpha value is -0.0500. The van der Waals surface area contributed by atoms with Crippen LogP contribution in [0.2, 0.25) is 4.34 Å². The van der Waals surface area contributed by atoms with Gasteiger partial charge in [-0.3, -0.25) is 0 Å². The lowest BCUT2D eigenvalue weighted by Crippen LogP contribution is -2.30. The minimum atomic E-state index is 0.847. The summed E-state index contributed by atoms with van der Waals surface area (Å²) in [5.41, 5.74) is 0. The van der Waals surface area contributed by atoms with Crippen molar-refractivity contribution in [3.8, 4) is 0 Å². The number of hydrogen-bond acceptors (Lipinski definition) is 2. The SMILES string of the molecule is Clc1ccc(CC2CCCCCC2CNC2CC2)s1. The molecule has 0 bridgehead atoms. The summed E-state index contributed by atoms with van der Waals surface area (Å²) < 4.78 is 0.941. The van der Waals surface area contributed by atoms with Crippen LogP contribution in [0.1, 0.15) is 49.8 Å². The topological polar surface area (TPSA) is 12.0 Å². The van der Waals surface area contributed by atoms with Gasteiger partial charge < -0.3 is 5.32 Å². The molecule has 2 unspecified atom stereocenters. The molecule has 0 amide bonds. The number of thiophene rings is 1. The fourth-order valence-corrected chi connectivity index (χ4v) is 4.50. The highest BCUT2D eigenvalue weighted by Crippen LogP contribution is 2.34. The molecule has 2 saturated carbocycles. The Bertz CT molecular complexity index is 399. The maximum Gasteiger partial charge on any atom is 0.0931 e. The van der Waals surface area contributed by atoms with E-state index < -0.39 is 0 Å². The van der Waals surface area contributed by atoms with Crippen LogP contribution >= 0.6 is 22.9 Å². The molecule has 0 radical (unpaired) electrons. The highest BCUT2D eigenvalue weighted by molar-refractivity contribution is 7.16. The van der Waals surface area contributed by atoms with Gasteiger partial charge in [-0.2, -0.15) is 0 Å². The van der Waals surface area contributed by atoms with E-state index in [0.29, 0.717) is 0 Å². The molecule has 0 aromatic carbocycles. The number of nitrogens with one attached hydrogen (secondary N) is 1. The molecule has 0 saturated heterocycles. The predicted molar refractivity (Wildman–Crippen MR) is 84.1 cm³/mol. The molecule has 1 aromatic heterocycles. The summed E-state index contributed by atoms with van der Waals surface area (Å²) in [6, 6.07) is 5.12. The van der Waals surface area contributed by atoms with Crippen molar-refractivity contribution in [2.24, 2.45) is 11.8 Å². The maximum absolute atomic E-state index is 6.06. The largest absolute Gasteiger partial charge is 0.314 e. The van der Waals surface area contributed by atoms with Gasteiger partial charge in [-0.25, -0.2) is 0 Å². The Balaban J connectivity index is 1.59. The molecule has 2 aliphatic carbocycles. The quantitative estimate of drug-likeness (QED) is 0.763. The molecule has 106 valence electrons. The van der Waals surface area contributed by atoms with Gasteiger partial charge >= 0.3 is 0 Å². The molecule has 2 aliphatic rings. The van der Waals surface area contributed by atoms with E-state index in [4.69, 9.17) is 11.6 Å². The van der Waals surface area contributed by atoms with Gasteiger partial charge in [-0.1, -0.05) is 30.9 Å². The van der Waals surface area contributed by atoms with Crippen LogP contribution in [0.4, 0.5) is 0 Å². The van der Waals surface area contributed by atoms with Crippen molar-refractivity contribution in [3.63, 3.8) is 0 Å². The molecular formula is C16H24ClNS. The predicted octanol–water partition coefficient (Wildman–Crippen LogP) is 4.89. The summed E-state index contributed by atoms with van der Waals surface area (Å²) in [6.45, 7) is 1.24. The van der Waals surface area contributed by atoms with Crippen molar-refractivity contribution in [2.45, 2.75) is 57.4 Å². The summed E-state index contributed by atoms with van der Waals surface area (Å²) in [4.78, 5) is 1.48. The molecule has 1 aromatic rings. The van der Waals surface area contributed by atoms with Crippen LogP contribution in [-0.4, -0.2) is 12.6 Å². The zero-order valence-corrected chi connectivity index (χ0v) is 13.1. The van der Waals surface area contributed by atoms with Gasteiger partial charge in [0.1, 0.15) is 0 Å². The number of hydrogen-bond donors (Lipinski definition) is 1. The third-order valence-electron chi connectivity index (χ3n) is 4.65. The van der Waals surface area contributed by atoms with Crippen LogP contribution < -0.4 is 5.32 Å². The van der Waals surface area contributed by atoms with Crippen molar-refractivity contribution in [1.29, 1.82) is 0 Å². The Morgan fingerprint density at radius 3 is 2.53 bits per heavy atom. The second kappa shape index (κ2) is 6.60. The van der Waals surface area contributed by atoms with Crippen molar-refractivity contribution in [3.05, 3.63) is 21.3 Å². The lowest BCUT2D eigenvalue weighted by Gasteiger charge is -2.25. The van der Waals surface area contributed by atoms with Crippen LogP contribution in [0.25, 0.3) is 0 Å². The van der Waals surface area contributed by atoms with E-state index in [0.717, 1.165) is 22.2 Å². The minimum absolute atomic E-state index is 0.847. The van der Waals surface area contributed by atoms with Gasteiger partial charge in [0.2, 0.25) is 0 Å². The van der Waals surface area contributed by atoms with Gasteiger partial charge in [-0.05, 0) is 62.6 Å². The van der Waals surface area contributed by atoms with E-state index in [1.54, 1.807) is 11.3 Å². The van der Waals surface area contributed by atoms with Crippen molar-refractivity contribution >= 4 is 22.9 Å². The summed E-state index contributed by atoms with van der Waals surface area (Å²) in [5.74, 6) is 1.74. The molecule has 1 heterocycles. The summed E-state index contributed by atoms with van der Waals surface area (Å²) in [5, 5.41) is 3.75. The van der Waals surface area contributed by atoms with Crippen molar-refractivity contribution < 1.29 is 0 Å². The van der Waals surface area contributed by atoms with Gasteiger partial charge in [0, 0.05) is 10.9 Å². The Kier molecular flexibility index (Phi) is 4.83. The molecule has 3 rings (SSSR count). The van der Waals surface area contributed by atoms with Crippen LogP contribution in [0.3, 0.4) is 0 Å². The lowest BCUT2D eigenvalue weighted by atomic mass is 9.85. The summed E-state index contributed by atoms with van der Waals surface area (Å²) in [7, 11) is 0. The molecular weight excluding hydrogens is 274 g/mol. The van der Waals surface area contributed by atoms with Crippen LogP contribution in [0, 0.1) is 11.8 Å². The highest BCUT2D eigenvalue weighted by atomic mass is 35.5. The van der Waals surface area contributed by atoms with Crippen molar-refractivity contribution in [2.75, 3.05) is 6.54 Å². The molecule has 2 fully saturated rings. The normalized spacial score (nSPS) is 28.3. The molecule has 19 heavy (non-hydrogen) atoms. The average Bonchev–Trinajstić information content (AvgIpc) is 3.16. The molecule has 0 aliphatic heterocycles. The van der Waals surface area contributed by atoms with E-state index in [2.05, 4.69) is 17.4 Å². The monoisotopic (exact) mass is 297 g/mol. The molecule has 0 spiro atoms. The first-order valence-electron chi connectivity index (χ1n) is 7.79. The minimum Gasteiger partial charge on any atom is -0.314 e. The van der Waals surface area contributed by atoms with Crippen LogP contribution in [0.5, 0.6) is 0 Å². The average molecular weight is 298 g/mol. The highest BCUT2D eigenvalue weighted by Gasteiger charge is 2.27. The zero-order chi connectivity index (χ0) is 13.1. The summed E-state index contributed by atoms with van der Waals surface area (Å²) in [6.07, 6.45) is 11.2. The van der Waals surface area contributed by atoms with E-state index in [-0.39, 0.29) is 0 Å². The first-order chi connectivity index (χ1) is 9.31. The Morgan fingerprint density at radius 2 is 1.84 bits per heavy atom. The van der Waals surface area contributed by atoms with Gasteiger partial charge in [0.25, 0.3) is 0 Å². The van der Waals surface area contributed by atoms with Crippen LogP contribution in [-0.2, 0) is 6.42 Å².